The van der Waals surface area contributed by atoms with Gasteiger partial charge in [-0.05, 0) is 25.0 Å². The molecule has 0 aliphatic heterocycles. The van der Waals surface area contributed by atoms with Crippen LogP contribution in [0.1, 0.15) is 29.3 Å². The van der Waals surface area contributed by atoms with Crippen molar-refractivity contribution in [3.63, 3.8) is 0 Å². The Labute approximate surface area is 96.6 Å². The Kier molecular flexibility index (Phi) is 4.50. The summed E-state index contributed by atoms with van der Waals surface area (Å²) in [6, 6.07) is 5.46. The number of ketones is 1. The molecule has 0 aliphatic carbocycles. The molecule has 0 aliphatic rings. The van der Waals surface area contributed by atoms with Gasteiger partial charge >= 0.3 is 0 Å². The van der Waals surface area contributed by atoms with Crippen LogP contribution >= 0.6 is 0 Å². The van der Waals surface area contributed by atoms with Crippen molar-refractivity contribution in [3.8, 4) is 0 Å². The second kappa shape index (κ2) is 5.66. The van der Waals surface area contributed by atoms with Crippen LogP contribution in [0.5, 0.6) is 0 Å². The Morgan fingerprint density at radius 3 is 2.75 bits per heavy atom. The molecule has 3 nitrogen and oxygen atoms in total. The van der Waals surface area contributed by atoms with E-state index < -0.39 is 0 Å². The van der Waals surface area contributed by atoms with Gasteiger partial charge in [0.25, 0.3) is 0 Å². The number of anilines is 1. The van der Waals surface area contributed by atoms with Crippen molar-refractivity contribution in [1.29, 1.82) is 0 Å². The molecule has 1 rings (SSSR count). The molecule has 0 heterocycles. The van der Waals surface area contributed by atoms with Crippen LogP contribution in [0.3, 0.4) is 0 Å². The maximum Gasteiger partial charge on any atom is 0.165 e. The normalized spacial score (nSPS) is 12.4. The summed E-state index contributed by atoms with van der Waals surface area (Å²) in [5.74, 6) is 0.103. The van der Waals surface area contributed by atoms with Gasteiger partial charge in [-0.1, -0.05) is 19.1 Å². The minimum absolute atomic E-state index is 0.0259. The van der Waals surface area contributed by atoms with Gasteiger partial charge in [-0.15, -0.1) is 0 Å². The second-order valence-corrected chi connectivity index (χ2v) is 4.12. The van der Waals surface area contributed by atoms with Crippen LogP contribution in [0.25, 0.3) is 0 Å². The van der Waals surface area contributed by atoms with E-state index in [4.69, 9.17) is 10.5 Å². The first-order valence-electron chi connectivity index (χ1n) is 5.45. The number of nitrogen functional groups attached to an aromatic ring is 1. The van der Waals surface area contributed by atoms with E-state index in [1.807, 2.05) is 26.0 Å². The molecular formula is C13H19NO2. The summed E-state index contributed by atoms with van der Waals surface area (Å²) in [6.07, 6.45) is 0.739. The van der Waals surface area contributed by atoms with E-state index in [-0.39, 0.29) is 11.7 Å². The first-order valence-corrected chi connectivity index (χ1v) is 5.45. The van der Waals surface area contributed by atoms with Crippen LogP contribution < -0.4 is 5.73 Å². The lowest BCUT2D eigenvalue weighted by atomic mass is 9.95. The Morgan fingerprint density at radius 2 is 2.19 bits per heavy atom. The fourth-order valence-electron chi connectivity index (χ4n) is 1.50. The molecule has 16 heavy (non-hydrogen) atoms. The quantitative estimate of drug-likeness (QED) is 0.613. The molecule has 0 aromatic heterocycles. The lowest BCUT2D eigenvalue weighted by molar-refractivity contribution is 0.0894. The van der Waals surface area contributed by atoms with E-state index in [0.29, 0.717) is 17.9 Å². The first kappa shape index (κ1) is 12.7. The number of hydrogen-bond donors (Lipinski definition) is 1. The molecule has 3 heteroatoms. The number of carbonyl (C=O) groups excluding carboxylic acids is 1. The van der Waals surface area contributed by atoms with Gasteiger partial charge in [0, 0.05) is 30.9 Å². The number of methoxy groups -OCH3 is 1. The number of rotatable bonds is 5. The number of benzene rings is 1. The molecule has 0 amide bonds. The molecule has 2 N–H and O–H groups in total. The summed E-state index contributed by atoms with van der Waals surface area (Å²) >= 11 is 0. The van der Waals surface area contributed by atoms with E-state index in [1.165, 1.54) is 0 Å². The number of nitrogens with two attached hydrogens (primary N) is 1. The Balaban J connectivity index is 2.76. The molecule has 1 atom stereocenters. The predicted octanol–water partition coefficient (Wildman–Crippen LogP) is 2.43. The number of carbonyl (C=O) groups is 1. The average molecular weight is 221 g/mol. The molecule has 1 aromatic carbocycles. The van der Waals surface area contributed by atoms with Gasteiger partial charge in [-0.2, -0.15) is 0 Å². The second-order valence-electron chi connectivity index (χ2n) is 4.12. The zero-order chi connectivity index (χ0) is 12.1. The highest BCUT2D eigenvalue weighted by Crippen LogP contribution is 2.17. The van der Waals surface area contributed by atoms with Gasteiger partial charge in [-0.25, -0.2) is 0 Å². The van der Waals surface area contributed by atoms with Crippen LogP contribution in [0.2, 0.25) is 0 Å². The molecular weight excluding hydrogens is 202 g/mol. The summed E-state index contributed by atoms with van der Waals surface area (Å²) in [7, 11) is 1.64. The summed E-state index contributed by atoms with van der Waals surface area (Å²) in [4.78, 5) is 12.0. The van der Waals surface area contributed by atoms with E-state index in [0.717, 1.165) is 12.0 Å². The molecule has 0 fully saturated rings. The van der Waals surface area contributed by atoms with Crippen molar-refractivity contribution in [2.75, 3.05) is 19.5 Å². The maximum absolute atomic E-state index is 12.0. The van der Waals surface area contributed by atoms with Gasteiger partial charge in [0.1, 0.15) is 0 Å². The largest absolute Gasteiger partial charge is 0.398 e. The number of ether oxygens (including phenoxy) is 1. The fraction of sp³-hybridized carbons (Fsp3) is 0.462. The van der Waals surface area contributed by atoms with Gasteiger partial charge in [0.05, 0.1) is 0 Å². The molecule has 1 aromatic rings. The molecule has 0 spiro atoms. The minimum Gasteiger partial charge on any atom is -0.398 e. The lowest BCUT2D eigenvalue weighted by Crippen LogP contribution is -2.13. The van der Waals surface area contributed by atoms with Crippen molar-refractivity contribution in [1.82, 2.24) is 0 Å². The highest BCUT2D eigenvalue weighted by Gasteiger charge is 2.15. The third-order valence-corrected chi connectivity index (χ3v) is 2.77. The minimum atomic E-state index is -0.0259. The van der Waals surface area contributed by atoms with Crippen molar-refractivity contribution in [3.05, 3.63) is 29.3 Å². The Morgan fingerprint density at radius 1 is 1.50 bits per heavy atom. The van der Waals surface area contributed by atoms with Crippen LogP contribution in [-0.4, -0.2) is 19.5 Å². The third-order valence-electron chi connectivity index (χ3n) is 2.77. The van der Waals surface area contributed by atoms with Crippen molar-refractivity contribution < 1.29 is 9.53 Å². The summed E-state index contributed by atoms with van der Waals surface area (Å²) in [5.41, 5.74) is 8.14. The monoisotopic (exact) mass is 221 g/mol. The zero-order valence-corrected chi connectivity index (χ0v) is 10.1. The first-order chi connectivity index (χ1) is 7.56. The van der Waals surface area contributed by atoms with Crippen molar-refractivity contribution >= 4 is 11.5 Å². The topological polar surface area (TPSA) is 52.3 Å². The molecule has 0 bridgehead atoms. The summed E-state index contributed by atoms with van der Waals surface area (Å²) in [5, 5.41) is 0. The summed E-state index contributed by atoms with van der Waals surface area (Å²) < 4.78 is 4.96. The van der Waals surface area contributed by atoms with Gasteiger partial charge < -0.3 is 10.5 Å². The van der Waals surface area contributed by atoms with Crippen LogP contribution in [-0.2, 0) is 4.74 Å². The van der Waals surface area contributed by atoms with E-state index in [1.54, 1.807) is 13.2 Å². The number of aryl methyl sites for hydroxylation is 1. The van der Waals surface area contributed by atoms with Gasteiger partial charge in [-0.3, -0.25) is 4.79 Å². The van der Waals surface area contributed by atoms with E-state index in [2.05, 4.69) is 0 Å². The standard InChI is InChI=1S/C13H19NO2/c1-9-4-5-11(8-12(9)14)13(15)10(2)6-7-16-3/h4-5,8,10H,6-7,14H2,1-3H3. The van der Waals surface area contributed by atoms with Crippen molar-refractivity contribution in [2.24, 2.45) is 5.92 Å². The predicted molar refractivity (Wildman–Crippen MR) is 65.6 cm³/mol. The van der Waals surface area contributed by atoms with Crippen LogP contribution in [0.15, 0.2) is 18.2 Å². The van der Waals surface area contributed by atoms with Crippen LogP contribution in [0.4, 0.5) is 5.69 Å². The van der Waals surface area contributed by atoms with Gasteiger partial charge in [0.2, 0.25) is 0 Å². The molecule has 0 saturated heterocycles. The Hall–Kier alpha value is -1.35. The van der Waals surface area contributed by atoms with E-state index in [9.17, 15) is 4.79 Å². The third kappa shape index (κ3) is 3.07. The molecule has 88 valence electrons. The number of hydrogen-bond acceptors (Lipinski definition) is 3. The van der Waals surface area contributed by atoms with Gasteiger partial charge in [0.15, 0.2) is 5.78 Å². The molecule has 0 radical (unpaired) electrons. The lowest BCUT2D eigenvalue weighted by Gasteiger charge is -2.10. The summed E-state index contributed by atoms with van der Waals surface area (Å²) in [6.45, 7) is 4.45. The van der Waals surface area contributed by atoms with Crippen molar-refractivity contribution in [2.45, 2.75) is 20.3 Å². The SMILES string of the molecule is COCCC(C)C(=O)c1ccc(C)c(N)c1. The fourth-order valence-corrected chi connectivity index (χ4v) is 1.50. The highest BCUT2D eigenvalue weighted by molar-refractivity contribution is 5.98. The molecule has 1 unspecified atom stereocenters. The molecule has 0 saturated carbocycles. The maximum atomic E-state index is 12.0. The van der Waals surface area contributed by atoms with E-state index >= 15 is 0 Å². The zero-order valence-electron chi connectivity index (χ0n) is 10.1. The highest BCUT2D eigenvalue weighted by atomic mass is 16.5. The van der Waals surface area contributed by atoms with Crippen LogP contribution in [0, 0.1) is 12.8 Å². The average Bonchev–Trinajstić information content (AvgIpc) is 2.28. The smallest absolute Gasteiger partial charge is 0.165 e. The Bertz CT molecular complexity index is 374. The number of Topliss-reactive ketones (excluding diaryl/α,β-unsaturated/α-hetero) is 1.